The summed E-state index contributed by atoms with van der Waals surface area (Å²) >= 11 is 3.48. The van der Waals surface area contributed by atoms with E-state index in [1.54, 1.807) is 0 Å². The van der Waals surface area contributed by atoms with Gasteiger partial charge in [0.1, 0.15) is 11.7 Å². The lowest BCUT2D eigenvalue weighted by molar-refractivity contribution is 0.450. The highest BCUT2D eigenvalue weighted by molar-refractivity contribution is 9.10. The summed E-state index contributed by atoms with van der Waals surface area (Å²) in [6.45, 7) is 2.84. The molecular formula is C18H16BrN3O. The fourth-order valence-corrected chi connectivity index (χ4v) is 3.33. The number of anilines is 1. The Morgan fingerprint density at radius 2 is 2.13 bits per heavy atom. The minimum atomic E-state index is -0.623. The molecule has 0 spiro atoms. The smallest absolute Gasteiger partial charge is 0.205 e. The third kappa shape index (κ3) is 2.95. The minimum Gasteiger partial charge on any atom is -0.442 e. The maximum absolute atomic E-state index is 9.53. The highest BCUT2D eigenvalue weighted by atomic mass is 79.9. The maximum atomic E-state index is 9.53. The quantitative estimate of drug-likeness (QED) is 0.835. The van der Waals surface area contributed by atoms with Gasteiger partial charge in [-0.15, -0.1) is 0 Å². The van der Waals surface area contributed by atoms with Gasteiger partial charge in [0.25, 0.3) is 0 Å². The molecule has 2 atom stereocenters. The number of hydrogen-bond acceptors (Lipinski definition) is 4. The molecule has 0 saturated carbocycles. The molecule has 0 amide bonds. The second kappa shape index (κ2) is 6.43. The Labute approximate surface area is 143 Å². The van der Waals surface area contributed by atoms with Crippen LogP contribution < -0.4 is 10.1 Å². The molecule has 2 aromatic carbocycles. The van der Waals surface area contributed by atoms with Crippen molar-refractivity contribution in [1.29, 1.82) is 10.7 Å². The minimum absolute atomic E-state index is 0.00127. The summed E-state index contributed by atoms with van der Waals surface area (Å²) in [6.07, 6.45) is 0. The highest BCUT2D eigenvalue weighted by Crippen LogP contribution is 2.43. The van der Waals surface area contributed by atoms with Crippen LogP contribution in [0.4, 0.5) is 5.69 Å². The van der Waals surface area contributed by atoms with Gasteiger partial charge < -0.3 is 10.1 Å². The molecule has 4 nitrogen and oxygen atoms in total. The Kier molecular flexibility index (Phi) is 4.35. The molecule has 2 unspecified atom stereocenters. The summed E-state index contributed by atoms with van der Waals surface area (Å²) in [4.78, 5) is 0. The van der Waals surface area contributed by atoms with Crippen molar-refractivity contribution in [2.75, 3.05) is 11.9 Å². The van der Waals surface area contributed by atoms with Crippen LogP contribution in [0.15, 0.2) is 46.9 Å². The van der Waals surface area contributed by atoms with Crippen LogP contribution in [0.1, 0.15) is 24.0 Å². The summed E-state index contributed by atoms with van der Waals surface area (Å²) in [5.74, 6) is -0.185. The van der Waals surface area contributed by atoms with E-state index in [-0.39, 0.29) is 11.8 Å². The first-order valence-corrected chi connectivity index (χ1v) is 8.22. The Morgan fingerprint density at radius 3 is 2.83 bits per heavy atom. The SMILES string of the molecule is CCNc1ccc2c(c1)OC(=N)C(C#N)C2c1cccc(Br)c1. The van der Waals surface area contributed by atoms with Crippen molar-refractivity contribution in [2.24, 2.45) is 5.92 Å². The molecule has 23 heavy (non-hydrogen) atoms. The van der Waals surface area contributed by atoms with Crippen LogP contribution in [0, 0.1) is 22.7 Å². The largest absolute Gasteiger partial charge is 0.442 e. The molecule has 0 aromatic heterocycles. The third-order valence-electron chi connectivity index (χ3n) is 3.91. The Bertz CT molecular complexity index is 797. The third-order valence-corrected chi connectivity index (χ3v) is 4.41. The van der Waals surface area contributed by atoms with Crippen molar-refractivity contribution in [3.8, 4) is 11.8 Å². The van der Waals surface area contributed by atoms with Crippen LogP contribution >= 0.6 is 15.9 Å². The fourth-order valence-electron chi connectivity index (χ4n) is 2.91. The van der Waals surface area contributed by atoms with Gasteiger partial charge in [0.15, 0.2) is 0 Å². The van der Waals surface area contributed by atoms with Crippen molar-refractivity contribution < 1.29 is 4.74 Å². The summed E-state index contributed by atoms with van der Waals surface area (Å²) in [5, 5.41) is 20.9. The monoisotopic (exact) mass is 369 g/mol. The number of nitrogens with one attached hydrogen (secondary N) is 2. The summed E-state index contributed by atoms with van der Waals surface area (Å²) in [7, 11) is 0. The van der Waals surface area contributed by atoms with Crippen LogP contribution in [-0.4, -0.2) is 12.4 Å². The first-order valence-electron chi connectivity index (χ1n) is 7.43. The average Bonchev–Trinajstić information content (AvgIpc) is 2.53. The van der Waals surface area contributed by atoms with Crippen LogP contribution in [0.5, 0.6) is 5.75 Å². The molecule has 0 aliphatic carbocycles. The predicted octanol–water partition coefficient (Wildman–Crippen LogP) is 4.52. The van der Waals surface area contributed by atoms with Crippen LogP contribution in [0.3, 0.4) is 0 Å². The van der Waals surface area contributed by atoms with E-state index in [9.17, 15) is 5.26 Å². The number of rotatable bonds is 3. The van der Waals surface area contributed by atoms with Gasteiger partial charge in [-0.25, -0.2) is 0 Å². The Hall–Kier alpha value is -2.32. The molecule has 1 aliphatic heterocycles. The fraction of sp³-hybridized carbons (Fsp3) is 0.222. The Balaban J connectivity index is 2.13. The molecule has 0 bridgehead atoms. The van der Waals surface area contributed by atoms with Gasteiger partial charge in [-0.05, 0) is 30.7 Å². The zero-order valence-electron chi connectivity index (χ0n) is 12.6. The van der Waals surface area contributed by atoms with E-state index < -0.39 is 5.92 Å². The number of fused-ring (bicyclic) bond motifs is 1. The average molecular weight is 370 g/mol. The number of hydrogen-bond donors (Lipinski definition) is 2. The molecule has 0 fully saturated rings. The van der Waals surface area contributed by atoms with Crippen LogP contribution in [0.25, 0.3) is 0 Å². The predicted molar refractivity (Wildman–Crippen MR) is 94.0 cm³/mol. The first kappa shape index (κ1) is 15.6. The number of ether oxygens (including phenoxy) is 1. The standard InChI is InChI=1S/C18H16BrN3O/c1-2-22-13-6-7-14-16(9-13)23-18(21)15(10-20)17(14)11-4-3-5-12(19)8-11/h3-9,15,17,21-22H,2H2,1H3. The molecule has 1 aliphatic rings. The van der Waals surface area contributed by atoms with E-state index in [1.165, 1.54) is 0 Å². The number of benzene rings is 2. The molecule has 0 saturated heterocycles. The van der Waals surface area contributed by atoms with Crippen LogP contribution in [-0.2, 0) is 0 Å². The number of nitriles is 1. The molecule has 5 heteroatoms. The maximum Gasteiger partial charge on any atom is 0.205 e. The molecule has 116 valence electrons. The van der Waals surface area contributed by atoms with Gasteiger partial charge in [0, 0.05) is 34.3 Å². The summed E-state index contributed by atoms with van der Waals surface area (Å²) < 4.78 is 6.57. The van der Waals surface area contributed by atoms with Crippen molar-refractivity contribution in [1.82, 2.24) is 0 Å². The molecule has 2 N–H and O–H groups in total. The normalized spacial score (nSPS) is 19.4. The van der Waals surface area contributed by atoms with Crippen molar-refractivity contribution >= 4 is 27.5 Å². The lowest BCUT2D eigenvalue weighted by Gasteiger charge is -2.30. The summed E-state index contributed by atoms with van der Waals surface area (Å²) in [6, 6.07) is 16.0. The lowest BCUT2D eigenvalue weighted by Crippen LogP contribution is -2.31. The van der Waals surface area contributed by atoms with E-state index in [0.29, 0.717) is 5.75 Å². The molecule has 1 heterocycles. The molecular weight excluding hydrogens is 354 g/mol. The zero-order valence-corrected chi connectivity index (χ0v) is 14.2. The second-order valence-corrected chi connectivity index (χ2v) is 6.30. The van der Waals surface area contributed by atoms with E-state index in [1.807, 2.05) is 49.4 Å². The van der Waals surface area contributed by atoms with Gasteiger partial charge in [0.2, 0.25) is 5.90 Å². The first-order chi connectivity index (χ1) is 11.1. The van der Waals surface area contributed by atoms with Gasteiger partial charge >= 0.3 is 0 Å². The van der Waals surface area contributed by atoms with E-state index in [2.05, 4.69) is 27.3 Å². The van der Waals surface area contributed by atoms with Crippen molar-refractivity contribution in [3.05, 3.63) is 58.1 Å². The summed E-state index contributed by atoms with van der Waals surface area (Å²) in [5.41, 5.74) is 2.88. The molecule has 2 aromatic rings. The molecule has 0 radical (unpaired) electrons. The topological polar surface area (TPSA) is 68.9 Å². The number of halogens is 1. The second-order valence-electron chi connectivity index (χ2n) is 5.39. The van der Waals surface area contributed by atoms with E-state index in [4.69, 9.17) is 10.1 Å². The van der Waals surface area contributed by atoms with Crippen LogP contribution in [0.2, 0.25) is 0 Å². The van der Waals surface area contributed by atoms with Gasteiger partial charge in [-0.1, -0.05) is 34.1 Å². The van der Waals surface area contributed by atoms with Gasteiger partial charge in [-0.3, -0.25) is 5.41 Å². The van der Waals surface area contributed by atoms with Crippen molar-refractivity contribution in [3.63, 3.8) is 0 Å². The van der Waals surface area contributed by atoms with E-state index >= 15 is 0 Å². The van der Waals surface area contributed by atoms with Gasteiger partial charge in [0.05, 0.1) is 6.07 Å². The van der Waals surface area contributed by atoms with E-state index in [0.717, 1.165) is 27.8 Å². The highest BCUT2D eigenvalue weighted by Gasteiger charge is 2.36. The lowest BCUT2D eigenvalue weighted by atomic mass is 9.79. The van der Waals surface area contributed by atoms with Crippen molar-refractivity contribution in [2.45, 2.75) is 12.8 Å². The zero-order chi connectivity index (χ0) is 16.4. The Morgan fingerprint density at radius 1 is 1.30 bits per heavy atom. The number of nitrogens with zero attached hydrogens (tertiary/aromatic N) is 1. The van der Waals surface area contributed by atoms with Gasteiger partial charge in [-0.2, -0.15) is 5.26 Å². The molecule has 3 rings (SSSR count).